The Morgan fingerprint density at radius 1 is 1.45 bits per heavy atom. The summed E-state index contributed by atoms with van der Waals surface area (Å²) < 4.78 is 0. The van der Waals surface area contributed by atoms with Gasteiger partial charge in [0.05, 0.1) is 0 Å². The fraction of sp³-hybridized carbons (Fsp3) is 0.471. The second-order valence-corrected chi connectivity index (χ2v) is 5.64. The number of nitrogens with zero attached hydrogens (tertiary/aromatic N) is 1. The number of hydrogen-bond donors (Lipinski definition) is 1. The van der Waals surface area contributed by atoms with Gasteiger partial charge in [0.2, 0.25) is 5.91 Å². The van der Waals surface area contributed by atoms with Crippen molar-refractivity contribution in [3.05, 3.63) is 41.0 Å². The minimum absolute atomic E-state index is 0.0745. The molecule has 108 valence electrons. The minimum Gasteiger partial charge on any atom is -0.396 e. The molecule has 0 bridgehead atoms. The molecule has 1 unspecified atom stereocenters. The van der Waals surface area contributed by atoms with Crippen LogP contribution < -0.4 is 0 Å². The molecular formula is C17H23NO2. The van der Waals surface area contributed by atoms with Gasteiger partial charge in [-0.25, -0.2) is 0 Å². The van der Waals surface area contributed by atoms with E-state index in [0.717, 1.165) is 31.5 Å². The third-order valence-electron chi connectivity index (χ3n) is 3.97. The van der Waals surface area contributed by atoms with Crippen LogP contribution in [0.3, 0.4) is 0 Å². The predicted molar refractivity (Wildman–Crippen MR) is 81.3 cm³/mol. The Bertz CT molecular complexity index is 508. The highest BCUT2D eigenvalue weighted by molar-refractivity contribution is 5.92. The number of amides is 1. The van der Waals surface area contributed by atoms with Gasteiger partial charge in [0.25, 0.3) is 0 Å². The van der Waals surface area contributed by atoms with Crippen molar-refractivity contribution in [2.24, 2.45) is 5.92 Å². The topological polar surface area (TPSA) is 40.5 Å². The number of likely N-dealkylation sites (tertiary alicyclic amines) is 1. The molecule has 1 saturated heterocycles. The SMILES string of the molecule is Cc1ccc(/C=C/C(=O)N2CCC(CCO)C2)c(C)c1. The second kappa shape index (κ2) is 6.71. The van der Waals surface area contributed by atoms with Gasteiger partial charge in [0.15, 0.2) is 0 Å². The van der Waals surface area contributed by atoms with E-state index in [4.69, 9.17) is 5.11 Å². The number of carbonyl (C=O) groups excluding carboxylic acids is 1. The lowest BCUT2D eigenvalue weighted by molar-refractivity contribution is -0.125. The molecule has 3 nitrogen and oxygen atoms in total. The van der Waals surface area contributed by atoms with Gasteiger partial charge in [0.1, 0.15) is 0 Å². The Hall–Kier alpha value is -1.61. The van der Waals surface area contributed by atoms with Crippen LogP contribution in [0.15, 0.2) is 24.3 Å². The van der Waals surface area contributed by atoms with Crippen LogP contribution in [-0.4, -0.2) is 35.6 Å². The first-order valence-electron chi connectivity index (χ1n) is 7.25. The van der Waals surface area contributed by atoms with E-state index in [9.17, 15) is 4.79 Å². The van der Waals surface area contributed by atoms with Crippen LogP contribution in [0.1, 0.15) is 29.5 Å². The van der Waals surface area contributed by atoms with E-state index in [1.165, 1.54) is 11.1 Å². The van der Waals surface area contributed by atoms with Crippen molar-refractivity contribution in [1.82, 2.24) is 4.90 Å². The summed E-state index contributed by atoms with van der Waals surface area (Å²) in [6.07, 6.45) is 5.36. The lowest BCUT2D eigenvalue weighted by Crippen LogP contribution is -2.26. The zero-order valence-corrected chi connectivity index (χ0v) is 12.3. The van der Waals surface area contributed by atoms with E-state index in [-0.39, 0.29) is 12.5 Å². The van der Waals surface area contributed by atoms with Crippen LogP contribution in [0.2, 0.25) is 0 Å². The van der Waals surface area contributed by atoms with Gasteiger partial charge in [-0.2, -0.15) is 0 Å². The van der Waals surface area contributed by atoms with Crippen molar-refractivity contribution >= 4 is 12.0 Å². The monoisotopic (exact) mass is 273 g/mol. The fourth-order valence-corrected chi connectivity index (χ4v) is 2.73. The molecule has 0 spiro atoms. The van der Waals surface area contributed by atoms with Crippen molar-refractivity contribution in [3.63, 3.8) is 0 Å². The third-order valence-corrected chi connectivity index (χ3v) is 3.97. The second-order valence-electron chi connectivity index (χ2n) is 5.64. The summed E-state index contributed by atoms with van der Waals surface area (Å²) in [4.78, 5) is 14.0. The summed E-state index contributed by atoms with van der Waals surface area (Å²) in [5.41, 5.74) is 3.51. The number of hydrogen-bond acceptors (Lipinski definition) is 2. The van der Waals surface area contributed by atoms with Crippen LogP contribution in [0.4, 0.5) is 0 Å². The first kappa shape index (κ1) is 14.8. The Morgan fingerprint density at radius 2 is 2.25 bits per heavy atom. The molecule has 1 aromatic rings. The standard InChI is InChI=1S/C17H23NO2/c1-13-3-4-16(14(2)11-13)5-6-17(20)18-9-7-15(12-18)8-10-19/h3-6,11,15,19H,7-10,12H2,1-2H3/b6-5+. The maximum absolute atomic E-state index is 12.1. The molecule has 1 amide bonds. The number of rotatable bonds is 4. The van der Waals surface area contributed by atoms with Gasteiger partial charge in [0, 0.05) is 25.8 Å². The molecule has 2 rings (SSSR count). The van der Waals surface area contributed by atoms with Crippen molar-refractivity contribution in [1.29, 1.82) is 0 Å². The summed E-state index contributed by atoms with van der Waals surface area (Å²) in [6.45, 7) is 5.92. The number of benzene rings is 1. The molecule has 0 saturated carbocycles. The highest BCUT2D eigenvalue weighted by Gasteiger charge is 2.24. The van der Waals surface area contributed by atoms with Crippen molar-refractivity contribution in [3.8, 4) is 0 Å². The number of aliphatic hydroxyl groups is 1. The Labute approximate surface area is 120 Å². The molecule has 1 aromatic carbocycles. The van der Waals surface area contributed by atoms with Gasteiger partial charge in [-0.3, -0.25) is 4.79 Å². The average molecular weight is 273 g/mol. The molecule has 20 heavy (non-hydrogen) atoms. The third kappa shape index (κ3) is 3.70. The summed E-state index contributed by atoms with van der Waals surface area (Å²) >= 11 is 0. The highest BCUT2D eigenvalue weighted by atomic mass is 16.3. The van der Waals surface area contributed by atoms with E-state index in [0.29, 0.717) is 5.92 Å². The normalized spacial score (nSPS) is 18.9. The number of carbonyl (C=O) groups is 1. The van der Waals surface area contributed by atoms with Gasteiger partial charge >= 0.3 is 0 Å². The van der Waals surface area contributed by atoms with E-state index in [2.05, 4.69) is 26.0 Å². The van der Waals surface area contributed by atoms with Crippen molar-refractivity contribution in [2.45, 2.75) is 26.7 Å². The maximum Gasteiger partial charge on any atom is 0.246 e. The minimum atomic E-state index is 0.0745. The van der Waals surface area contributed by atoms with Crippen LogP contribution in [0.5, 0.6) is 0 Å². The zero-order chi connectivity index (χ0) is 14.5. The molecule has 0 aromatic heterocycles. The van der Waals surface area contributed by atoms with Crippen molar-refractivity contribution in [2.75, 3.05) is 19.7 Å². The summed E-state index contributed by atoms with van der Waals surface area (Å²) in [5, 5.41) is 8.94. The summed E-state index contributed by atoms with van der Waals surface area (Å²) in [5.74, 6) is 0.531. The Balaban J connectivity index is 1.96. The average Bonchev–Trinajstić information content (AvgIpc) is 2.86. The van der Waals surface area contributed by atoms with Gasteiger partial charge in [-0.05, 0) is 49.8 Å². The summed E-state index contributed by atoms with van der Waals surface area (Å²) in [6, 6.07) is 6.23. The Morgan fingerprint density at radius 3 is 2.95 bits per heavy atom. The first-order valence-corrected chi connectivity index (χ1v) is 7.25. The van der Waals surface area contributed by atoms with E-state index < -0.39 is 0 Å². The number of aliphatic hydroxyl groups excluding tert-OH is 1. The molecule has 3 heteroatoms. The molecule has 1 heterocycles. The molecule has 1 atom stereocenters. The highest BCUT2D eigenvalue weighted by Crippen LogP contribution is 2.20. The summed E-state index contributed by atoms with van der Waals surface area (Å²) in [7, 11) is 0. The van der Waals surface area contributed by atoms with Crippen molar-refractivity contribution < 1.29 is 9.90 Å². The molecule has 1 aliphatic rings. The van der Waals surface area contributed by atoms with Crippen LogP contribution in [-0.2, 0) is 4.79 Å². The predicted octanol–water partition coefficient (Wildman–Crippen LogP) is 2.55. The molecule has 0 radical (unpaired) electrons. The van der Waals surface area contributed by atoms with Crippen LogP contribution in [0.25, 0.3) is 6.08 Å². The lowest BCUT2D eigenvalue weighted by atomic mass is 10.1. The quantitative estimate of drug-likeness (QED) is 0.856. The lowest BCUT2D eigenvalue weighted by Gasteiger charge is -2.14. The molecule has 0 aliphatic carbocycles. The van der Waals surface area contributed by atoms with Gasteiger partial charge in [-0.1, -0.05) is 23.8 Å². The largest absolute Gasteiger partial charge is 0.396 e. The number of aryl methyl sites for hydroxylation is 2. The molecule has 1 fully saturated rings. The maximum atomic E-state index is 12.1. The van der Waals surface area contributed by atoms with Gasteiger partial charge < -0.3 is 10.0 Å². The van der Waals surface area contributed by atoms with E-state index in [1.54, 1.807) is 6.08 Å². The fourth-order valence-electron chi connectivity index (χ4n) is 2.73. The van der Waals surface area contributed by atoms with Gasteiger partial charge in [-0.15, -0.1) is 0 Å². The molecule has 1 aliphatic heterocycles. The Kier molecular flexibility index (Phi) is 4.96. The molecule has 1 N–H and O–H groups in total. The zero-order valence-electron chi connectivity index (χ0n) is 12.3. The molecular weight excluding hydrogens is 250 g/mol. The van der Waals surface area contributed by atoms with Crippen LogP contribution in [0, 0.1) is 19.8 Å². The smallest absolute Gasteiger partial charge is 0.246 e. The van der Waals surface area contributed by atoms with E-state index in [1.807, 2.05) is 17.0 Å². The van der Waals surface area contributed by atoms with Crippen LogP contribution >= 0.6 is 0 Å². The van der Waals surface area contributed by atoms with E-state index >= 15 is 0 Å². The first-order chi connectivity index (χ1) is 9.60.